The van der Waals surface area contributed by atoms with Crippen molar-refractivity contribution in [2.45, 2.75) is 30.7 Å². The second kappa shape index (κ2) is 7.64. The Balaban J connectivity index is 1.54. The summed E-state index contributed by atoms with van der Waals surface area (Å²) in [7, 11) is 1.95. The maximum absolute atomic E-state index is 13.2. The predicted octanol–water partition coefficient (Wildman–Crippen LogP) is 4.56. The van der Waals surface area contributed by atoms with E-state index in [1.54, 1.807) is 0 Å². The first kappa shape index (κ1) is 18.5. The van der Waals surface area contributed by atoms with Crippen molar-refractivity contribution in [2.75, 3.05) is 0 Å². The monoisotopic (exact) mass is 390 g/mol. The number of aromatic nitrogens is 4. The first-order valence-corrected chi connectivity index (χ1v) is 10.1. The van der Waals surface area contributed by atoms with Gasteiger partial charge in [0.2, 0.25) is 0 Å². The summed E-state index contributed by atoms with van der Waals surface area (Å²) < 4.78 is 1.98. The third kappa shape index (κ3) is 3.47. The molecule has 2 heterocycles. The molecule has 2 aromatic carbocycles. The number of thioether (sulfide) groups is 1. The minimum Gasteiger partial charge on any atom is -0.358 e. The van der Waals surface area contributed by atoms with Crippen LogP contribution in [0.5, 0.6) is 0 Å². The van der Waals surface area contributed by atoms with Crippen LogP contribution in [0.4, 0.5) is 0 Å². The number of rotatable bonds is 6. The van der Waals surface area contributed by atoms with Crippen LogP contribution in [0, 0.1) is 6.92 Å². The maximum atomic E-state index is 13.2. The van der Waals surface area contributed by atoms with E-state index in [0.29, 0.717) is 0 Å². The molecule has 2 aromatic heterocycles. The molecule has 0 aliphatic carbocycles. The fourth-order valence-electron chi connectivity index (χ4n) is 3.39. The van der Waals surface area contributed by atoms with Gasteiger partial charge in [-0.15, -0.1) is 10.2 Å². The van der Waals surface area contributed by atoms with E-state index in [9.17, 15) is 4.79 Å². The number of benzene rings is 2. The predicted molar refractivity (Wildman–Crippen MR) is 113 cm³/mol. The Kier molecular flexibility index (Phi) is 5.05. The lowest BCUT2D eigenvalue weighted by Crippen LogP contribution is -2.15. The molecule has 1 N–H and O–H groups in total. The van der Waals surface area contributed by atoms with Crippen molar-refractivity contribution >= 4 is 28.4 Å². The molecule has 1 atom stereocenters. The Labute approximate surface area is 168 Å². The molecule has 142 valence electrons. The average Bonchev–Trinajstić information content (AvgIpc) is 3.21. The number of para-hydroxylation sites is 1. The molecular formula is C22H22N4OS. The molecule has 4 aromatic rings. The molecule has 0 radical (unpaired) electrons. The second-order valence-corrected chi connectivity index (χ2v) is 8.22. The van der Waals surface area contributed by atoms with E-state index >= 15 is 0 Å². The first-order chi connectivity index (χ1) is 13.5. The van der Waals surface area contributed by atoms with E-state index in [0.717, 1.165) is 39.6 Å². The number of aromatic amines is 1. The van der Waals surface area contributed by atoms with Gasteiger partial charge in [-0.1, -0.05) is 60.3 Å². The molecule has 0 aliphatic rings. The van der Waals surface area contributed by atoms with E-state index in [1.807, 2.05) is 67.9 Å². The van der Waals surface area contributed by atoms with Crippen LogP contribution < -0.4 is 0 Å². The lowest BCUT2D eigenvalue weighted by atomic mass is 10.1. The van der Waals surface area contributed by atoms with Gasteiger partial charge in [0.05, 0.1) is 5.25 Å². The lowest BCUT2D eigenvalue weighted by Gasteiger charge is -2.10. The summed E-state index contributed by atoms with van der Waals surface area (Å²) in [6, 6.07) is 18.1. The molecule has 28 heavy (non-hydrogen) atoms. The van der Waals surface area contributed by atoms with Gasteiger partial charge in [0, 0.05) is 35.6 Å². The zero-order valence-corrected chi connectivity index (χ0v) is 17.0. The molecule has 0 fully saturated rings. The van der Waals surface area contributed by atoms with Crippen molar-refractivity contribution in [3.8, 4) is 0 Å². The lowest BCUT2D eigenvalue weighted by molar-refractivity contribution is 0.0995. The summed E-state index contributed by atoms with van der Waals surface area (Å²) in [4.78, 5) is 16.5. The Morgan fingerprint density at radius 1 is 1.11 bits per heavy atom. The molecule has 5 nitrogen and oxygen atoms in total. The molecule has 6 heteroatoms. The number of fused-ring (bicyclic) bond motifs is 1. The van der Waals surface area contributed by atoms with E-state index in [-0.39, 0.29) is 11.0 Å². The smallest absolute Gasteiger partial charge is 0.191 e. The van der Waals surface area contributed by atoms with Gasteiger partial charge in [-0.05, 0) is 25.5 Å². The number of nitrogens with zero attached hydrogens (tertiary/aromatic N) is 3. The normalized spacial score (nSPS) is 12.4. The largest absolute Gasteiger partial charge is 0.358 e. The van der Waals surface area contributed by atoms with Crippen molar-refractivity contribution < 1.29 is 4.79 Å². The highest BCUT2D eigenvalue weighted by molar-refractivity contribution is 8.00. The van der Waals surface area contributed by atoms with E-state index in [1.165, 1.54) is 17.3 Å². The number of aryl methyl sites for hydroxylation is 1. The number of Topliss-reactive ketones (excluding diaryl/α,β-unsaturated/α-hetero) is 1. The summed E-state index contributed by atoms with van der Waals surface area (Å²) in [5.41, 5.74) is 3.85. The summed E-state index contributed by atoms with van der Waals surface area (Å²) in [6.07, 6.45) is 0.717. The number of carbonyl (C=O) groups is 1. The van der Waals surface area contributed by atoms with Crippen LogP contribution in [-0.4, -0.2) is 30.8 Å². The third-order valence-corrected chi connectivity index (χ3v) is 6.06. The van der Waals surface area contributed by atoms with Gasteiger partial charge in [-0.3, -0.25) is 4.79 Å². The molecule has 1 unspecified atom stereocenters. The highest BCUT2D eigenvalue weighted by Crippen LogP contribution is 2.29. The molecule has 0 saturated heterocycles. The molecule has 0 amide bonds. The van der Waals surface area contributed by atoms with Crippen LogP contribution in [0.1, 0.15) is 34.4 Å². The van der Waals surface area contributed by atoms with Crippen LogP contribution in [0.2, 0.25) is 0 Å². The molecule has 0 aliphatic heterocycles. The fraction of sp³-hybridized carbons (Fsp3) is 0.227. The van der Waals surface area contributed by atoms with Gasteiger partial charge in [-0.25, -0.2) is 0 Å². The Morgan fingerprint density at radius 2 is 1.82 bits per heavy atom. The van der Waals surface area contributed by atoms with Gasteiger partial charge < -0.3 is 9.55 Å². The zero-order valence-electron chi connectivity index (χ0n) is 16.1. The van der Waals surface area contributed by atoms with Crippen LogP contribution in [-0.2, 0) is 13.5 Å². The Hall–Kier alpha value is -2.86. The van der Waals surface area contributed by atoms with Crippen LogP contribution >= 0.6 is 11.8 Å². The molecule has 0 saturated carbocycles. The van der Waals surface area contributed by atoms with Crippen LogP contribution in [0.15, 0.2) is 59.8 Å². The summed E-state index contributed by atoms with van der Waals surface area (Å²) in [5.74, 6) is 0.990. The Morgan fingerprint density at radius 3 is 2.61 bits per heavy atom. The maximum Gasteiger partial charge on any atom is 0.191 e. The topological polar surface area (TPSA) is 63.6 Å². The van der Waals surface area contributed by atoms with Crippen molar-refractivity contribution in [3.63, 3.8) is 0 Å². The van der Waals surface area contributed by atoms with Crippen molar-refractivity contribution in [3.05, 3.63) is 77.2 Å². The van der Waals surface area contributed by atoms with E-state index in [4.69, 9.17) is 0 Å². The van der Waals surface area contributed by atoms with Gasteiger partial charge >= 0.3 is 0 Å². The minimum atomic E-state index is -0.259. The van der Waals surface area contributed by atoms with Gasteiger partial charge in [0.25, 0.3) is 0 Å². The quantitative estimate of drug-likeness (QED) is 0.387. The van der Waals surface area contributed by atoms with Gasteiger partial charge in [0.1, 0.15) is 5.82 Å². The second-order valence-electron chi connectivity index (χ2n) is 6.92. The summed E-state index contributed by atoms with van der Waals surface area (Å²) >= 11 is 1.45. The molecule has 0 spiro atoms. The van der Waals surface area contributed by atoms with E-state index < -0.39 is 0 Å². The van der Waals surface area contributed by atoms with Crippen molar-refractivity contribution in [1.82, 2.24) is 19.7 Å². The molecule has 4 rings (SSSR count). The molecule has 0 bridgehead atoms. The zero-order chi connectivity index (χ0) is 19.7. The number of hydrogen-bond acceptors (Lipinski definition) is 4. The van der Waals surface area contributed by atoms with Crippen molar-refractivity contribution in [1.29, 1.82) is 0 Å². The number of hydrogen-bond donors (Lipinski definition) is 1. The number of nitrogens with one attached hydrogen (secondary N) is 1. The Bertz CT molecular complexity index is 1130. The number of carbonyl (C=O) groups excluding carboxylic acids is 1. The van der Waals surface area contributed by atoms with Gasteiger partial charge in [0.15, 0.2) is 10.9 Å². The molecular weight excluding hydrogens is 368 g/mol. The average molecular weight is 391 g/mol. The van der Waals surface area contributed by atoms with Crippen LogP contribution in [0.25, 0.3) is 10.9 Å². The summed E-state index contributed by atoms with van der Waals surface area (Å²) in [6.45, 7) is 3.88. The fourth-order valence-corrected chi connectivity index (χ4v) is 4.28. The van der Waals surface area contributed by atoms with Crippen molar-refractivity contribution in [2.24, 2.45) is 7.05 Å². The highest BCUT2D eigenvalue weighted by atomic mass is 32.2. The standard InChI is InChI=1S/C22H22N4OS/c1-14-20(17-11-7-8-12-18(17)23-14)21(27)15(2)28-22-25-24-19(26(22)3)13-16-9-5-4-6-10-16/h4-12,15,23H,13H2,1-3H3. The number of ketones is 1. The van der Waals surface area contributed by atoms with Gasteiger partial charge in [-0.2, -0.15) is 0 Å². The highest BCUT2D eigenvalue weighted by Gasteiger charge is 2.24. The minimum absolute atomic E-state index is 0.104. The summed E-state index contributed by atoms with van der Waals surface area (Å²) in [5, 5.41) is 10.1. The van der Waals surface area contributed by atoms with Crippen LogP contribution in [0.3, 0.4) is 0 Å². The number of H-pyrrole nitrogens is 1. The third-order valence-electron chi connectivity index (χ3n) is 4.92. The first-order valence-electron chi connectivity index (χ1n) is 9.25. The van der Waals surface area contributed by atoms with E-state index in [2.05, 4.69) is 27.3 Å². The SMILES string of the molecule is Cc1[nH]c2ccccc2c1C(=O)C(C)Sc1nnc(Cc2ccccc2)n1C.